The molecule has 0 saturated heterocycles. The van der Waals surface area contributed by atoms with Gasteiger partial charge in [0.25, 0.3) is 0 Å². The first-order chi connectivity index (χ1) is 16.8. The second-order valence-electron chi connectivity index (χ2n) is 12.4. The fourth-order valence-corrected chi connectivity index (χ4v) is 19.3. The van der Waals surface area contributed by atoms with Crippen molar-refractivity contribution >= 4 is 59.0 Å². The number of fused-ring (bicyclic) bond motifs is 2. The Morgan fingerprint density at radius 2 is 0.778 bits per heavy atom. The van der Waals surface area contributed by atoms with E-state index in [0.717, 1.165) is 0 Å². The lowest BCUT2D eigenvalue weighted by Crippen LogP contribution is -2.43. The summed E-state index contributed by atoms with van der Waals surface area (Å²) < 4.78 is 2.64. The first kappa shape index (κ1) is 29.3. The van der Waals surface area contributed by atoms with Crippen LogP contribution in [0, 0.1) is 22.9 Å². The van der Waals surface area contributed by atoms with Gasteiger partial charge in [-0.1, -0.05) is 94.9 Å². The van der Waals surface area contributed by atoms with Crippen LogP contribution in [0.5, 0.6) is 0 Å². The van der Waals surface area contributed by atoms with E-state index in [4.69, 9.17) is 0 Å². The van der Waals surface area contributed by atoms with Gasteiger partial charge in [-0.2, -0.15) is 0 Å². The lowest BCUT2D eigenvalue weighted by molar-refractivity contribution is 0.838. The van der Waals surface area contributed by atoms with Crippen LogP contribution in [-0.2, 0) is 0 Å². The van der Waals surface area contributed by atoms with Crippen molar-refractivity contribution < 1.29 is 0 Å². The van der Waals surface area contributed by atoms with Crippen molar-refractivity contribution in [1.29, 1.82) is 0 Å². The third kappa shape index (κ3) is 4.80. The van der Waals surface area contributed by atoms with Crippen LogP contribution in [-0.4, -0.2) is 16.1 Å². The Bertz CT molecular complexity index is 1130. The summed E-state index contributed by atoms with van der Waals surface area (Å²) in [5, 5.41) is 7.08. The average molecular weight is 551 g/mol. The van der Waals surface area contributed by atoms with Crippen LogP contribution in [0.3, 0.4) is 0 Å². The molecule has 0 aliphatic rings. The van der Waals surface area contributed by atoms with Crippen molar-refractivity contribution in [2.75, 3.05) is 0 Å². The summed E-state index contributed by atoms with van der Waals surface area (Å²) in [5.74, 6) is 7.66. The van der Waals surface area contributed by atoms with Crippen molar-refractivity contribution in [2.24, 2.45) is 0 Å². The molecule has 0 N–H and O–H groups in total. The van der Waals surface area contributed by atoms with E-state index < -0.39 is 16.1 Å². The molecule has 0 amide bonds. The normalized spacial score (nSPS) is 12.9. The minimum absolute atomic E-state index is 0.633. The van der Waals surface area contributed by atoms with Crippen LogP contribution >= 0.6 is 22.7 Å². The van der Waals surface area contributed by atoms with E-state index in [1.807, 2.05) is 22.7 Å². The highest BCUT2D eigenvalue weighted by atomic mass is 32.1. The number of rotatable bonds is 6. The molecule has 3 aromatic rings. The first-order valence-corrected chi connectivity index (χ1v) is 20.0. The Balaban J connectivity index is 2.33. The Hall–Kier alpha value is -1.31. The van der Waals surface area contributed by atoms with Crippen molar-refractivity contribution in [2.45, 2.75) is 116 Å². The van der Waals surface area contributed by atoms with Gasteiger partial charge in [-0.25, -0.2) is 0 Å². The summed E-state index contributed by atoms with van der Waals surface area (Å²) in [5.41, 5.74) is 14.3. The molecule has 0 nitrogen and oxygen atoms in total. The molecule has 0 aliphatic carbocycles. The second kappa shape index (κ2) is 11.2. The summed E-state index contributed by atoms with van der Waals surface area (Å²) >= 11 is 3.67. The molecule has 0 atom stereocenters. The van der Waals surface area contributed by atoms with Gasteiger partial charge in [-0.05, 0) is 56.1 Å². The van der Waals surface area contributed by atoms with Gasteiger partial charge >= 0.3 is 0 Å². The maximum Gasteiger partial charge on any atom is 0.146 e. The molecule has 0 unspecified atom stereocenters. The fraction of sp³-hybridized carbons (Fsp3) is 0.562. The minimum Gasteiger partial charge on any atom is -0.142 e. The Kier molecular flexibility index (Phi) is 9.10. The lowest BCUT2D eigenvalue weighted by Gasteiger charge is -2.38. The summed E-state index contributed by atoms with van der Waals surface area (Å²) in [6.07, 6.45) is 0. The topological polar surface area (TPSA) is 0 Å². The van der Waals surface area contributed by atoms with Crippen LogP contribution < -0.4 is 0 Å². The van der Waals surface area contributed by atoms with E-state index in [0.29, 0.717) is 33.2 Å². The molecule has 1 aromatic carbocycles. The molecular weight excluding hydrogens is 505 g/mol. The molecule has 0 spiro atoms. The maximum absolute atomic E-state index is 4.00. The zero-order valence-corrected chi connectivity index (χ0v) is 28.2. The molecule has 3 rings (SSSR count). The van der Waals surface area contributed by atoms with Crippen molar-refractivity contribution in [3.05, 3.63) is 34.0 Å². The Morgan fingerprint density at radius 3 is 1.03 bits per heavy atom. The van der Waals surface area contributed by atoms with E-state index >= 15 is 0 Å². The zero-order chi connectivity index (χ0) is 27.0. The number of benzene rings is 1. The molecule has 194 valence electrons. The molecular formula is C32H46S2Si2. The van der Waals surface area contributed by atoms with Gasteiger partial charge in [-0.15, -0.1) is 33.8 Å². The van der Waals surface area contributed by atoms with Gasteiger partial charge in [0.05, 0.1) is 20.5 Å². The monoisotopic (exact) mass is 550 g/mol. The summed E-state index contributed by atoms with van der Waals surface area (Å²) in [6, 6.07) is 4.57. The molecule has 2 heterocycles. The molecule has 0 saturated carbocycles. The minimum atomic E-state index is -1.81. The zero-order valence-electron chi connectivity index (χ0n) is 24.6. The smallest absolute Gasteiger partial charge is 0.142 e. The van der Waals surface area contributed by atoms with Gasteiger partial charge in [0.2, 0.25) is 0 Å². The van der Waals surface area contributed by atoms with Gasteiger partial charge in [0.1, 0.15) is 16.1 Å². The predicted octanol–water partition coefficient (Wildman–Crippen LogP) is 11.3. The van der Waals surface area contributed by atoms with Crippen LogP contribution in [0.4, 0.5) is 0 Å². The Morgan fingerprint density at radius 1 is 0.500 bits per heavy atom. The van der Waals surface area contributed by atoms with E-state index in [-0.39, 0.29) is 0 Å². The van der Waals surface area contributed by atoms with Gasteiger partial charge in [-0.3, -0.25) is 0 Å². The molecule has 0 fully saturated rings. The second-order valence-corrected chi connectivity index (χ2v) is 25.4. The third-order valence-electron chi connectivity index (χ3n) is 8.86. The molecule has 0 aliphatic heterocycles. The number of hydrogen-bond acceptors (Lipinski definition) is 2. The highest BCUT2D eigenvalue weighted by Crippen LogP contribution is 2.43. The standard InChI is InChI=1S/C32H46S2Si2/c1-21(2)35(22(3)4,23(5)6)19-15-29-27-13-17-34-32(27)30(28-14-18-33-31(28)29)16-20-36(24(7)8,25(9)10)26(11)12/h13-14,17-18,21-26H,1-12H3. The van der Waals surface area contributed by atoms with Crippen molar-refractivity contribution in [3.8, 4) is 22.9 Å². The fourth-order valence-electron chi connectivity index (χ4n) is 7.10. The van der Waals surface area contributed by atoms with Crippen LogP contribution in [0.25, 0.3) is 20.2 Å². The van der Waals surface area contributed by atoms with Crippen molar-refractivity contribution in [3.63, 3.8) is 0 Å². The largest absolute Gasteiger partial charge is 0.146 e. The van der Waals surface area contributed by atoms with Crippen LogP contribution in [0.15, 0.2) is 22.9 Å². The van der Waals surface area contributed by atoms with E-state index in [1.165, 1.54) is 31.3 Å². The number of thiophene rings is 2. The van der Waals surface area contributed by atoms with Gasteiger partial charge in [0, 0.05) is 10.8 Å². The predicted molar refractivity (Wildman–Crippen MR) is 173 cm³/mol. The van der Waals surface area contributed by atoms with Crippen molar-refractivity contribution in [1.82, 2.24) is 0 Å². The van der Waals surface area contributed by atoms with E-state index in [1.54, 1.807) is 0 Å². The van der Waals surface area contributed by atoms with Crippen LogP contribution in [0.1, 0.15) is 94.2 Å². The quantitative estimate of drug-likeness (QED) is 0.211. The SMILES string of the molecule is CC(C)[Si](C#Cc1c2ccsc2c(C#C[Si](C(C)C)(C(C)C)C(C)C)c2ccsc12)(C(C)C)C(C)C. The summed E-state index contributed by atoms with van der Waals surface area (Å²) in [7, 11) is -3.62. The van der Waals surface area contributed by atoms with Gasteiger partial charge in [0.15, 0.2) is 0 Å². The third-order valence-corrected chi connectivity index (χ3v) is 23.3. The molecule has 0 radical (unpaired) electrons. The van der Waals surface area contributed by atoms with E-state index in [2.05, 4.69) is 129 Å². The average Bonchev–Trinajstić information content (AvgIpc) is 3.43. The van der Waals surface area contributed by atoms with E-state index in [9.17, 15) is 0 Å². The molecule has 4 heteroatoms. The molecule has 2 aromatic heterocycles. The summed E-state index contributed by atoms with van der Waals surface area (Å²) in [4.78, 5) is 0. The first-order valence-electron chi connectivity index (χ1n) is 13.8. The molecule has 36 heavy (non-hydrogen) atoms. The highest BCUT2D eigenvalue weighted by Gasteiger charge is 2.42. The lowest BCUT2D eigenvalue weighted by atomic mass is 10.0. The maximum atomic E-state index is 4.00. The highest BCUT2D eigenvalue weighted by molar-refractivity contribution is 7.19. The van der Waals surface area contributed by atoms with Crippen LogP contribution in [0.2, 0.25) is 33.2 Å². The Labute approximate surface area is 231 Å². The molecule has 0 bridgehead atoms. The number of hydrogen-bond donors (Lipinski definition) is 0. The van der Waals surface area contributed by atoms with Gasteiger partial charge < -0.3 is 0 Å². The summed E-state index contributed by atoms with van der Waals surface area (Å²) in [6.45, 7) is 28.8.